The number of hydrogen-bond donors (Lipinski definition) is 4. The lowest BCUT2D eigenvalue weighted by atomic mass is 9.45. The number of carbonyl (C=O) groups is 4. The summed E-state index contributed by atoms with van der Waals surface area (Å²) in [5, 5.41) is 31.8. The second-order valence-corrected chi connectivity index (χ2v) is 21.3. The zero-order valence-electron chi connectivity index (χ0n) is 38.3. The molecule has 0 aromatic heterocycles. The molecular weight excluding hydrogens is 836 g/mol. The first-order valence-corrected chi connectivity index (χ1v) is 22.6. The summed E-state index contributed by atoms with van der Waals surface area (Å²) in [6.45, 7) is 16.0. The Hall–Kier alpha value is -3.71. The van der Waals surface area contributed by atoms with Crippen LogP contribution in [0.2, 0.25) is 0 Å². The van der Waals surface area contributed by atoms with Gasteiger partial charge >= 0.3 is 24.0 Å². The number of benzene rings is 1. The van der Waals surface area contributed by atoms with E-state index in [1.54, 1.807) is 65.0 Å². The first-order valence-electron chi connectivity index (χ1n) is 22.6. The van der Waals surface area contributed by atoms with Crippen molar-refractivity contribution >= 4 is 24.0 Å². The van der Waals surface area contributed by atoms with Crippen LogP contribution in [0.3, 0.4) is 0 Å². The van der Waals surface area contributed by atoms with E-state index in [4.69, 9.17) is 37.9 Å². The fraction of sp³-hybridized carbons (Fsp3) is 0.745. The lowest BCUT2D eigenvalue weighted by Gasteiger charge is -2.68. The Morgan fingerprint density at radius 2 is 1.69 bits per heavy atom. The summed E-state index contributed by atoms with van der Waals surface area (Å²) in [4.78, 5) is 55.2. The highest BCUT2D eigenvalue weighted by molar-refractivity contribution is 5.89. The van der Waals surface area contributed by atoms with Gasteiger partial charge in [-0.3, -0.25) is 4.79 Å². The van der Waals surface area contributed by atoms with Crippen LogP contribution in [0.15, 0.2) is 41.5 Å². The number of halogens is 1. The molecule has 8 rings (SSSR count). The van der Waals surface area contributed by atoms with E-state index in [1.807, 2.05) is 20.8 Å². The Kier molecular flexibility index (Phi) is 12.1. The predicted octanol–water partition coefficient (Wildman–Crippen LogP) is 4.22. The molecule has 3 saturated carbocycles. The van der Waals surface area contributed by atoms with Crippen molar-refractivity contribution in [2.24, 2.45) is 22.2 Å². The number of nitrogens with one attached hydrogen (secondary N) is 2. The Morgan fingerprint density at radius 3 is 2.27 bits per heavy atom. The fourth-order valence-corrected chi connectivity index (χ4v) is 11.8. The zero-order chi connectivity index (χ0) is 46.4. The lowest BCUT2D eigenvalue weighted by molar-refractivity contribution is -0.345. The van der Waals surface area contributed by atoms with E-state index in [0.717, 1.165) is 0 Å². The molecule has 0 radical (unpaired) electrons. The number of aliphatic hydroxyl groups is 2. The Balaban J connectivity index is 1.24. The quantitative estimate of drug-likeness (QED) is 0.139. The number of alkyl halides is 1. The fourth-order valence-electron chi connectivity index (χ4n) is 11.8. The van der Waals surface area contributed by atoms with Gasteiger partial charge in [-0.05, 0) is 76.7 Å². The molecule has 17 heteroatoms. The third-order valence-corrected chi connectivity index (χ3v) is 15.3. The van der Waals surface area contributed by atoms with Crippen LogP contribution >= 0.6 is 0 Å². The Labute approximate surface area is 373 Å². The van der Waals surface area contributed by atoms with E-state index in [2.05, 4.69) is 10.6 Å². The van der Waals surface area contributed by atoms with E-state index in [0.29, 0.717) is 36.8 Å². The van der Waals surface area contributed by atoms with Gasteiger partial charge in [0.15, 0.2) is 18.0 Å². The second kappa shape index (κ2) is 16.6. The standard InChI is InChI=1S/C47H65FN2O14/c1-24-29(59-40(54)33(52)36(44(8)21-57-22-44)50-41(55)64-42(3,4)5)19-47(56)38(62-39(53)26-13-11-10-12-14-26)35-45(9,16-15-30-46(35,23-58-30)63-25(2)51)37-34(32(24)43(47,6)7)60-31(61-37)20-49-28-17-27(48)18-28/h10-14,27-31,33-38,49,52,56H,15-23H2,1-9H3,(H,50,55)/t27?,28?,29-,30?,31+,33+,34?,35?,36+,37?,38-,45+,46-,47+/m0/s1. The van der Waals surface area contributed by atoms with Crippen molar-refractivity contribution in [1.82, 2.24) is 10.6 Å². The molecule has 0 spiro atoms. The molecule has 1 aromatic rings. The van der Waals surface area contributed by atoms with Crippen molar-refractivity contribution in [3.63, 3.8) is 0 Å². The molecule has 7 aliphatic rings. The number of amides is 1. The van der Waals surface area contributed by atoms with Crippen LogP contribution in [-0.2, 0) is 47.5 Å². The summed E-state index contributed by atoms with van der Waals surface area (Å²) in [5.41, 5.74) is -6.27. The van der Waals surface area contributed by atoms with E-state index in [1.165, 1.54) is 6.92 Å². The van der Waals surface area contributed by atoms with Crippen LogP contribution in [0.1, 0.15) is 105 Å². The van der Waals surface area contributed by atoms with E-state index in [-0.39, 0.29) is 44.4 Å². The Bertz CT molecular complexity index is 2020. The molecule has 16 nitrogen and oxygen atoms in total. The van der Waals surface area contributed by atoms with Crippen LogP contribution in [0.4, 0.5) is 9.18 Å². The third-order valence-electron chi connectivity index (χ3n) is 15.3. The van der Waals surface area contributed by atoms with Crippen molar-refractivity contribution in [3.05, 3.63) is 47.0 Å². The number of fused-ring (bicyclic) bond motifs is 8. The van der Waals surface area contributed by atoms with Crippen LogP contribution < -0.4 is 10.6 Å². The molecule has 1 aromatic carbocycles. The SMILES string of the molecule is CC(=O)O[C@@]12COC1CC[C@@]1(C)C3O[C@H](CNC4CC(F)C4)OC3C3=C(C)[C@@H](OC(=O)[C@H](O)[C@@H](NC(=O)OC(C)(C)C)C4(C)COC4)C[C@@](O)([C@@H](OC(=O)c4ccccc4)C12)C3(C)C. The largest absolute Gasteiger partial charge is 0.456 e. The van der Waals surface area contributed by atoms with Crippen molar-refractivity contribution in [2.45, 2.75) is 172 Å². The maximum Gasteiger partial charge on any atom is 0.407 e. The van der Waals surface area contributed by atoms with Gasteiger partial charge in [-0.15, -0.1) is 0 Å². The highest BCUT2D eigenvalue weighted by Gasteiger charge is 2.77. The zero-order valence-corrected chi connectivity index (χ0v) is 38.3. The molecule has 3 aliphatic heterocycles. The summed E-state index contributed by atoms with van der Waals surface area (Å²) < 4.78 is 64.2. The average Bonchev–Trinajstić information content (AvgIpc) is 3.60. The number of rotatable bonds is 11. The van der Waals surface area contributed by atoms with Gasteiger partial charge in [-0.1, -0.05) is 45.9 Å². The second-order valence-electron chi connectivity index (χ2n) is 21.3. The first-order chi connectivity index (χ1) is 29.9. The molecule has 6 fully saturated rings. The van der Waals surface area contributed by atoms with Gasteiger partial charge in [0.25, 0.3) is 0 Å². The molecule has 4 N–H and O–H groups in total. The smallest absolute Gasteiger partial charge is 0.407 e. The highest BCUT2D eigenvalue weighted by Crippen LogP contribution is 2.66. The molecule has 4 aliphatic carbocycles. The summed E-state index contributed by atoms with van der Waals surface area (Å²) in [6, 6.07) is 7.09. The Morgan fingerprint density at radius 1 is 1.00 bits per heavy atom. The minimum atomic E-state index is -2.09. The van der Waals surface area contributed by atoms with Crippen LogP contribution in [-0.4, -0.2) is 139 Å². The number of hydrogen-bond acceptors (Lipinski definition) is 15. The summed E-state index contributed by atoms with van der Waals surface area (Å²) in [6.07, 6.45) is -8.20. The molecule has 3 heterocycles. The molecule has 354 valence electrons. The minimum absolute atomic E-state index is 0.0520. The van der Waals surface area contributed by atoms with Gasteiger partial charge in [-0.25, -0.2) is 18.8 Å². The van der Waals surface area contributed by atoms with Crippen LogP contribution in [0.25, 0.3) is 0 Å². The molecule has 4 unspecified atom stereocenters. The summed E-state index contributed by atoms with van der Waals surface area (Å²) in [5.74, 6) is -3.39. The maximum absolute atomic E-state index is 14.5. The first kappa shape index (κ1) is 46.8. The summed E-state index contributed by atoms with van der Waals surface area (Å²) in [7, 11) is 0. The van der Waals surface area contributed by atoms with Gasteiger partial charge in [-0.2, -0.15) is 0 Å². The minimum Gasteiger partial charge on any atom is -0.456 e. The van der Waals surface area contributed by atoms with Gasteiger partial charge in [0.05, 0.1) is 43.4 Å². The highest BCUT2D eigenvalue weighted by atomic mass is 19.1. The normalized spacial score (nSPS) is 39.0. The van der Waals surface area contributed by atoms with Gasteiger partial charge in [0.1, 0.15) is 41.8 Å². The number of aliphatic hydroxyl groups excluding tert-OH is 1. The third kappa shape index (κ3) is 7.93. The number of carbonyl (C=O) groups excluding carboxylic acids is 4. The molecule has 3 saturated heterocycles. The monoisotopic (exact) mass is 900 g/mol. The molecule has 1 amide bonds. The van der Waals surface area contributed by atoms with Crippen molar-refractivity contribution in [2.75, 3.05) is 26.4 Å². The predicted molar refractivity (Wildman–Crippen MR) is 224 cm³/mol. The van der Waals surface area contributed by atoms with E-state index < -0.39 is 118 Å². The lowest BCUT2D eigenvalue weighted by Crippen LogP contribution is -2.79. The summed E-state index contributed by atoms with van der Waals surface area (Å²) >= 11 is 0. The maximum atomic E-state index is 14.5. The van der Waals surface area contributed by atoms with Crippen molar-refractivity contribution in [1.29, 1.82) is 0 Å². The van der Waals surface area contributed by atoms with Crippen LogP contribution in [0.5, 0.6) is 0 Å². The molecule has 12 atom stereocenters. The van der Waals surface area contributed by atoms with Crippen LogP contribution in [0, 0.1) is 22.2 Å². The topological polar surface area (TPSA) is 207 Å². The van der Waals surface area contributed by atoms with Gasteiger partial charge in [0, 0.05) is 42.2 Å². The van der Waals surface area contributed by atoms with Crippen molar-refractivity contribution in [3.8, 4) is 0 Å². The van der Waals surface area contributed by atoms with Gasteiger partial charge in [0.2, 0.25) is 0 Å². The van der Waals surface area contributed by atoms with E-state index in [9.17, 15) is 33.8 Å². The molecule has 2 bridgehead atoms. The van der Waals surface area contributed by atoms with Gasteiger partial charge < -0.3 is 58.7 Å². The van der Waals surface area contributed by atoms with Crippen molar-refractivity contribution < 1.29 is 71.7 Å². The molecule has 64 heavy (non-hydrogen) atoms. The number of esters is 3. The number of alkyl carbamates (subject to hydrolysis) is 1. The molecular formula is C47H65FN2O14. The number of ether oxygens (including phenoxy) is 8. The van der Waals surface area contributed by atoms with E-state index >= 15 is 0 Å². The average molecular weight is 901 g/mol.